The molecule has 1 heterocycles. The standard InChI is InChI=1S/C22H19NO8/c24-19(23-17(21(27)28)9-10-20(25)26)12-30-15-7-5-13(6-8-15)18-11-14-3-1-2-4-16(14)22(29)31-18/h1-8,11,17H,9-10,12H2,(H,23,24)(H,25,26)(H,27,28)/t17-/m0/s1. The molecule has 0 radical (unpaired) electrons. The second kappa shape index (κ2) is 9.57. The summed E-state index contributed by atoms with van der Waals surface area (Å²) in [6.07, 6.45) is -0.619. The third kappa shape index (κ3) is 5.69. The van der Waals surface area contributed by atoms with Crippen LogP contribution in [0, 0.1) is 0 Å². The van der Waals surface area contributed by atoms with Crippen LogP contribution >= 0.6 is 0 Å². The number of hydrogen-bond donors (Lipinski definition) is 3. The number of aliphatic carboxylic acids is 2. The molecule has 0 aliphatic heterocycles. The molecule has 0 bridgehead atoms. The molecule has 3 rings (SSSR count). The van der Waals surface area contributed by atoms with Crippen molar-refractivity contribution in [2.24, 2.45) is 0 Å². The van der Waals surface area contributed by atoms with E-state index in [1.807, 2.05) is 12.1 Å². The maximum Gasteiger partial charge on any atom is 0.344 e. The minimum absolute atomic E-state index is 0.234. The molecule has 3 aromatic rings. The number of carbonyl (C=O) groups is 3. The first-order valence-electron chi connectivity index (χ1n) is 9.33. The van der Waals surface area contributed by atoms with Gasteiger partial charge in [0.2, 0.25) is 0 Å². The van der Waals surface area contributed by atoms with Gasteiger partial charge in [0.1, 0.15) is 17.6 Å². The number of carboxylic acids is 2. The fourth-order valence-corrected chi connectivity index (χ4v) is 2.90. The average Bonchev–Trinajstić information content (AvgIpc) is 2.75. The Morgan fingerprint density at radius 3 is 2.42 bits per heavy atom. The number of rotatable bonds is 9. The number of fused-ring (bicyclic) bond motifs is 1. The largest absolute Gasteiger partial charge is 0.484 e. The summed E-state index contributed by atoms with van der Waals surface area (Å²) in [6, 6.07) is 14.0. The van der Waals surface area contributed by atoms with E-state index in [9.17, 15) is 19.2 Å². The van der Waals surface area contributed by atoms with Crippen LogP contribution in [0.3, 0.4) is 0 Å². The zero-order chi connectivity index (χ0) is 22.4. The van der Waals surface area contributed by atoms with E-state index in [1.54, 1.807) is 42.5 Å². The van der Waals surface area contributed by atoms with Crippen molar-refractivity contribution in [2.75, 3.05) is 6.61 Å². The van der Waals surface area contributed by atoms with E-state index in [0.29, 0.717) is 22.5 Å². The quantitative estimate of drug-likeness (QED) is 0.474. The third-order valence-electron chi connectivity index (χ3n) is 4.46. The molecule has 9 nitrogen and oxygen atoms in total. The monoisotopic (exact) mass is 425 g/mol. The molecule has 0 aliphatic carbocycles. The lowest BCUT2D eigenvalue weighted by molar-refractivity contribution is -0.143. The van der Waals surface area contributed by atoms with Crippen molar-refractivity contribution in [3.63, 3.8) is 0 Å². The Hall–Kier alpha value is -4.14. The van der Waals surface area contributed by atoms with Crippen molar-refractivity contribution in [2.45, 2.75) is 18.9 Å². The molecule has 9 heteroatoms. The van der Waals surface area contributed by atoms with Crippen molar-refractivity contribution < 1.29 is 33.8 Å². The lowest BCUT2D eigenvalue weighted by Crippen LogP contribution is -2.43. The van der Waals surface area contributed by atoms with Crippen LogP contribution in [0.15, 0.2) is 63.8 Å². The second-order valence-corrected chi connectivity index (χ2v) is 6.69. The van der Waals surface area contributed by atoms with Gasteiger partial charge in [0.25, 0.3) is 5.91 Å². The fraction of sp³-hybridized carbons (Fsp3) is 0.182. The summed E-state index contributed by atoms with van der Waals surface area (Å²) >= 11 is 0. The van der Waals surface area contributed by atoms with Crippen LogP contribution in [-0.4, -0.2) is 40.7 Å². The van der Waals surface area contributed by atoms with Gasteiger partial charge < -0.3 is 24.7 Å². The van der Waals surface area contributed by atoms with Gasteiger partial charge in [0.15, 0.2) is 6.61 Å². The zero-order valence-electron chi connectivity index (χ0n) is 16.2. The van der Waals surface area contributed by atoms with E-state index in [-0.39, 0.29) is 12.8 Å². The van der Waals surface area contributed by atoms with Crippen LogP contribution in [0.1, 0.15) is 12.8 Å². The summed E-state index contributed by atoms with van der Waals surface area (Å²) in [4.78, 5) is 45.8. The van der Waals surface area contributed by atoms with Gasteiger partial charge in [-0.2, -0.15) is 0 Å². The summed E-state index contributed by atoms with van der Waals surface area (Å²) in [7, 11) is 0. The third-order valence-corrected chi connectivity index (χ3v) is 4.46. The van der Waals surface area contributed by atoms with Gasteiger partial charge >= 0.3 is 17.6 Å². The molecule has 0 saturated heterocycles. The highest BCUT2D eigenvalue weighted by Gasteiger charge is 2.21. The van der Waals surface area contributed by atoms with Crippen LogP contribution in [0.25, 0.3) is 22.1 Å². The van der Waals surface area contributed by atoms with Gasteiger partial charge in [-0.25, -0.2) is 9.59 Å². The molecule has 1 aromatic heterocycles. The number of benzene rings is 2. The van der Waals surface area contributed by atoms with E-state index in [0.717, 1.165) is 5.39 Å². The predicted octanol–water partition coefficient (Wildman–Crippen LogP) is 2.27. The maximum atomic E-state index is 12.1. The van der Waals surface area contributed by atoms with Gasteiger partial charge in [-0.3, -0.25) is 9.59 Å². The lowest BCUT2D eigenvalue weighted by Gasteiger charge is -2.14. The van der Waals surface area contributed by atoms with Crippen LogP contribution in [0.5, 0.6) is 5.75 Å². The molecule has 1 amide bonds. The number of nitrogens with one attached hydrogen (secondary N) is 1. The zero-order valence-corrected chi connectivity index (χ0v) is 16.2. The molecule has 0 unspecified atom stereocenters. The predicted molar refractivity (Wildman–Crippen MR) is 110 cm³/mol. The first kappa shape index (κ1) is 21.6. The molecule has 0 fully saturated rings. The van der Waals surface area contributed by atoms with E-state index < -0.39 is 36.1 Å². The Labute approximate surface area is 175 Å². The average molecular weight is 425 g/mol. The molecule has 1 atom stereocenters. The molecule has 3 N–H and O–H groups in total. The summed E-state index contributed by atoms with van der Waals surface area (Å²) in [5, 5.41) is 21.2. The molecule has 0 saturated carbocycles. The molecule has 0 spiro atoms. The summed E-state index contributed by atoms with van der Waals surface area (Å²) in [5.74, 6) is -2.44. The molecular formula is C22H19NO8. The smallest absolute Gasteiger partial charge is 0.344 e. The van der Waals surface area contributed by atoms with Crippen LogP contribution in [-0.2, 0) is 14.4 Å². The maximum absolute atomic E-state index is 12.1. The summed E-state index contributed by atoms with van der Waals surface area (Å²) < 4.78 is 10.7. The Morgan fingerprint density at radius 2 is 1.74 bits per heavy atom. The number of carboxylic acid groups (broad SMARTS) is 2. The highest BCUT2D eigenvalue weighted by atomic mass is 16.5. The van der Waals surface area contributed by atoms with Crippen molar-refractivity contribution >= 4 is 28.6 Å². The van der Waals surface area contributed by atoms with E-state index in [4.69, 9.17) is 19.4 Å². The lowest BCUT2D eigenvalue weighted by atomic mass is 10.1. The highest BCUT2D eigenvalue weighted by Crippen LogP contribution is 2.24. The SMILES string of the molecule is O=C(O)CC[C@H](NC(=O)COc1ccc(-c2cc3ccccc3c(=O)o2)cc1)C(=O)O. The molecule has 160 valence electrons. The Bertz CT molecular complexity index is 1170. The second-order valence-electron chi connectivity index (χ2n) is 6.69. The van der Waals surface area contributed by atoms with Crippen molar-refractivity contribution in [3.8, 4) is 17.1 Å². The van der Waals surface area contributed by atoms with Crippen molar-refractivity contribution in [1.82, 2.24) is 5.32 Å². The number of hydrogen-bond acceptors (Lipinski definition) is 6. The molecule has 2 aromatic carbocycles. The highest BCUT2D eigenvalue weighted by molar-refractivity contribution is 5.85. The topological polar surface area (TPSA) is 143 Å². The molecular weight excluding hydrogens is 406 g/mol. The van der Waals surface area contributed by atoms with Crippen LogP contribution < -0.4 is 15.7 Å². The Kier molecular flexibility index (Phi) is 6.66. The first-order chi connectivity index (χ1) is 14.8. The van der Waals surface area contributed by atoms with Crippen LogP contribution in [0.2, 0.25) is 0 Å². The number of amides is 1. The van der Waals surface area contributed by atoms with Gasteiger partial charge in [0.05, 0.1) is 5.39 Å². The van der Waals surface area contributed by atoms with Gasteiger partial charge in [-0.1, -0.05) is 18.2 Å². The number of carbonyl (C=O) groups excluding carboxylic acids is 1. The Balaban J connectivity index is 1.62. The van der Waals surface area contributed by atoms with Crippen molar-refractivity contribution in [1.29, 1.82) is 0 Å². The minimum atomic E-state index is -1.32. The normalized spacial score (nSPS) is 11.6. The summed E-state index contributed by atoms with van der Waals surface area (Å²) in [5.41, 5.74) is 0.195. The van der Waals surface area contributed by atoms with E-state index >= 15 is 0 Å². The van der Waals surface area contributed by atoms with Crippen molar-refractivity contribution in [3.05, 3.63) is 65.0 Å². The molecule has 0 aliphatic rings. The number of ether oxygens (including phenoxy) is 1. The minimum Gasteiger partial charge on any atom is -0.484 e. The van der Waals surface area contributed by atoms with Gasteiger partial charge in [-0.05, 0) is 48.2 Å². The van der Waals surface area contributed by atoms with Gasteiger partial charge in [-0.15, -0.1) is 0 Å². The fourth-order valence-electron chi connectivity index (χ4n) is 2.90. The van der Waals surface area contributed by atoms with Gasteiger partial charge in [0, 0.05) is 12.0 Å². The Morgan fingerprint density at radius 1 is 1.03 bits per heavy atom. The summed E-state index contributed by atoms with van der Waals surface area (Å²) in [6.45, 7) is -0.443. The van der Waals surface area contributed by atoms with E-state index in [1.165, 1.54) is 0 Å². The molecule has 31 heavy (non-hydrogen) atoms. The van der Waals surface area contributed by atoms with E-state index in [2.05, 4.69) is 5.32 Å². The van der Waals surface area contributed by atoms with Crippen LogP contribution in [0.4, 0.5) is 0 Å². The first-order valence-corrected chi connectivity index (χ1v) is 9.33.